The molecule has 1 amide bonds. The van der Waals surface area contributed by atoms with Crippen LogP contribution in [0, 0.1) is 13.8 Å². The van der Waals surface area contributed by atoms with Gasteiger partial charge in [-0.1, -0.05) is 12.1 Å². The number of carbonyl (C=O) groups excluding carboxylic acids is 1. The fraction of sp³-hybridized carbons (Fsp3) is 0.200. The number of methoxy groups -OCH3 is 1. The summed E-state index contributed by atoms with van der Waals surface area (Å²) in [5.74, 6) is 0.717. The van der Waals surface area contributed by atoms with Crippen LogP contribution in [-0.2, 0) is 4.74 Å². The molecule has 0 aliphatic carbocycles. The highest BCUT2D eigenvalue weighted by Crippen LogP contribution is 2.22. The van der Waals surface area contributed by atoms with E-state index < -0.39 is 6.09 Å². The molecule has 2 aromatic rings. The highest BCUT2D eigenvalue weighted by molar-refractivity contribution is 5.84. The van der Waals surface area contributed by atoms with Crippen molar-refractivity contribution in [2.45, 2.75) is 13.8 Å². The van der Waals surface area contributed by atoms with Crippen LogP contribution in [0.2, 0.25) is 0 Å². The minimum Gasteiger partial charge on any atom is -0.453 e. The first kappa shape index (κ1) is 13.9. The Balaban J connectivity index is 2.11. The lowest BCUT2D eigenvalue weighted by Crippen LogP contribution is -2.11. The zero-order valence-corrected chi connectivity index (χ0v) is 11.7. The molecule has 0 fully saturated rings. The number of carbonyl (C=O) groups is 1. The van der Waals surface area contributed by atoms with E-state index in [-0.39, 0.29) is 0 Å². The van der Waals surface area contributed by atoms with Gasteiger partial charge in [0.2, 0.25) is 0 Å². The molecule has 0 radical (unpaired) electrons. The van der Waals surface area contributed by atoms with Crippen LogP contribution in [0.3, 0.4) is 0 Å². The summed E-state index contributed by atoms with van der Waals surface area (Å²) in [6, 6.07) is 9.63. The Kier molecular flexibility index (Phi) is 4.20. The number of amides is 1. The second-order valence-corrected chi connectivity index (χ2v) is 4.42. The van der Waals surface area contributed by atoms with E-state index in [4.69, 9.17) is 0 Å². The van der Waals surface area contributed by atoms with Crippen LogP contribution in [0.5, 0.6) is 0 Å². The lowest BCUT2D eigenvalue weighted by atomic mass is 10.1. The van der Waals surface area contributed by atoms with Crippen molar-refractivity contribution in [1.29, 1.82) is 0 Å². The molecule has 0 aliphatic heterocycles. The first-order valence-corrected chi connectivity index (χ1v) is 6.24. The Bertz CT molecular complexity index is 609. The average molecular weight is 271 g/mol. The smallest absolute Gasteiger partial charge is 0.411 e. The van der Waals surface area contributed by atoms with E-state index in [0.29, 0.717) is 11.5 Å². The summed E-state index contributed by atoms with van der Waals surface area (Å²) in [4.78, 5) is 15.3. The number of anilines is 3. The highest BCUT2D eigenvalue weighted by Gasteiger charge is 2.03. The monoisotopic (exact) mass is 271 g/mol. The Morgan fingerprint density at radius 2 is 2.00 bits per heavy atom. The predicted molar refractivity (Wildman–Crippen MR) is 79.5 cm³/mol. The minimum absolute atomic E-state index is 0.512. The minimum atomic E-state index is -0.512. The van der Waals surface area contributed by atoms with Gasteiger partial charge in [-0.3, -0.25) is 5.32 Å². The Morgan fingerprint density at radius 3 is 2.65 bits per heavy atom. The van der Waals surface area contributed by atoms with Crippen LogP contribution < -0.4 is 10.6 Å². The summed E-state index contributed by atoms with van der Waals surface area (Å²) in [7, 11) is 1.32. The van der Waals surface area contributed by atoms with E-state index >= 15 is 0 Å². The molecule has 2 N–H and O–H groups in total. The highest BCUT2D eigenvalue weighted by atomic mass is 16.5. The van der Waals surface area contributed by atoms with Crippen molar-refractivity contribution >= 4 is 23.3 Å². The van der Waals surface area contributed by atoms with Gasteiger partial charge in [-0.25, -0.2) is 9.78 Å². The Labute approximate surface area is 118 Å². The van der Waals surface area contributed by atoms with Gasteiger partial charge in [-0.2, -0.15) is 0 Å². The number of hydrogen-bond donors (Lipinski definition) is 2. The third-order valence-corrected chi connectivity index (χ3v) is 3.06. The number of nitrogens with one attached hydrogen (secondary N) is 2. The van der Waals surface area contributed by atoms with Crippen molar-refractivity contribution in [1.82, 2.24) is 4.98 Å². The second kappa shape index (κ2) is 6.06. The molecule has 104 valence electrons. The van der Waals surface area contributed by atoms with E-state index in [1.54, 1.807) is 18.3 Å². The zero-order chi connectivity index (χ0) is 14.5. The molecular formula is C15H17N3O2. The molecule has 5 nitrogen and oxygen atoms in total. The molecule has 5 heteroatoms. The van der Waals surface area contributed by atoms with Crippen LogP contribution in [0.15, 0.2) is 36.5 Å². The van der Waals surface area contributed by atoms with Gasteiger partial charge in [-0.05, 0) is 43.2 Å². The Morgan fingerprint density at radius 1 is 1.20 bits per heavy atom. The van der Waals surface area contributed by atoms with Gasteiger partial charge >= 0.3 is 6.09 Å². The number of ether oxygens (including phenoxy) is 1. The first-order chi connectivity index (χ1) is 9.60. The van der Waals surface area contributed by atoms with Crippen molar-refractivity contribution in [3.63, 3.8) is 0 Å². The molecule has 2 rings (SSSR count). The molecule has 0 aliphatic rings. The summed E-state index contributed by atoms with van der Waals surface area (Å²) in [5, 5.41) is 5.80. The molecule has 0 saturated carbocycles. The van der Waals surface area contributed by atoms with E-state index in [9.17, 15) is 4.79 Å². The SMILES string of the molecule is COC(=O)Nc1ccc(Nc2cccc(C)c2C)nc1. The van der Waals surface area contributed by atoms with Gasteiger partial charge < -0.3 is 10.1 Å². The molecule has 0 spiro atoms. The summed E-state index contributed by atoms with van der Waals surface area (Å²) in [5.41, 5.74) is 4.01. The molecule has 0 saturated heterocycles. The summed E-state index contributed by atoms with van der Waals surface area (Å²) >= 11 is 0. The van der Waals surface area contributed by atoms with Gasteiger partial charge in [0, 0.05) is 5.69 Å². The van der Waals surface area contributed by atoms with E-state index in [0.717, 1.165) is 5.69 Å². The molecule has 1 aromatic carbocycles. The van der Waals surface area contributed by atoms with Crippen molar-refractivity contribution in [3.05, 3.63) is 47.7 Å². The maximum Gasteiger partial charge on any atom is 0.411 e. The van der Waals surface area contributed by atoms with Crippen LogP contribution in [0.1, 0.15) is 11.1 Å². The van der Waals surface area contributed by atoms with Gasteiger partial charge in [0.05, 0.1) is 19.0 Å². The van der Waals surface area contributed by atoms with Gasteiger partial charge in [-0.15, -0.1) is 0 Å². The van der Waals surface area contributed by atoms with Crippen LogP contribution in [0.4, 0.5) is 22.0 Å². The molecule has 0 unspecified atom stereocenters. The number of pyridine rings is 1. The summed E-state index contributed by atoms with van der Waals surface area (Å²) < 4.78 is 4.52. The maximum absolute atomic E-state index is 11.1. The number of benzene rings is 1. The molecule has 1 aromatic heterocycles. The van der Waals surface area contributed by atoms with E-state index in [1.165, 1.54) is 18.2 Å². The number of nitrogens with zero attached hydrogens (tertiary/aromatic N) is 1. The molecule has 20 heavy (non-hydrogen) atoms. The topological polar surface area (TPSA) is 63.2 Å². The maximum atomic E-state index is 11.1. The van der Waals surface area contributed by atoms with Gasteiger partial charge in [0.25, 0.3) is 0 Å². The molecule has 0 atom stereocenters. The van der Waals surface area contributed by atoms with Gasteiger partial charge in [0.1, 0.15) is 5.82 Å². The summed E-state index contributed by atoms with van der Waals surface area (Å²) in [6.45, 7) is 4.13. The number of hydrogen-bond acceptors (Lipinski definition) is 4. The molecular weight excluding hydrogens is 254 g/mol. The zero-order valence-electron chi connectivity index (χ0n) is 11.7. The standard InChI is InChI=1S/C15H17N3O2/c1-10-5-4-6-13(11(10)2)18-14-8-7-12(9-16-14)17-15(19)20-3/h4-9H,1-3H3,(H,16,18)(H,17,19). The van der Waals surface area contributed by atoms with Crippen LogP contribution in [0.25, 0.3) is 0 Å². The molecule has 1 heterocycles. The van der Waals surface area contributed by atoms with Crippen molar-refractivity contribution in [3.8, 4) is 0 Å². The fourth-order valence-corrected chi connectivity index (χ4v) is 1.74. The predicted octanol–water partition coefficient (Wildman–Crippen LogP) is 3.62. The lowest BCUT2D eigenvalue weighted by Gasteiger charge is -2.11. The third kappa shape index (κ3) is 3.26. The molecule has 0 bridgehead atoms. The van der Waals surface area contributed by atoms with Crippen molar-refractivity contribution in [2.75, 3.05) is 17.7 Å². The number of aromatic nitrogens is 1. The quantitative estimate of drug-likeness (QED) is 0.895. The van der Waals surface area contributed by atoms with Gasteiger partial charge in [0.15, 0.2) is 0 Å². The summed E-state index contributed by atoms with van der Waals surface area (Å²) in [6.07, 6.45) is 1.06. The van der Waals surface area contributed by atoms with Crippen molar-refractivity contribution in [2.24, 2.45) is 0 Å². The second-order valence-electron chi connectivity index (χ2n) is 4.42. The fourth-order valence-electron chi connectivity index (χ4n) is 1.74. The first-order valence-electron chi connectivity index (χ1n) is 6.24. The van der Waals surface area contributed by atoms with Crippen LogP contribution >= 0.6 is 0 Å². The third-order valence-electron chi connectivity index (χ3n) is 3.06. The van der Waals surface area contributed by atoms with E-state index in [1.807, 2.05) is 12.1 Å². The largest absolute Gasteiger partial charge is 0.453 e. The normalized spacial score (nSPS) is 9.95. The van der Waals surface area contributed by atoms with Crippen LogP contribution in [-0.4, -0.2) is 18.2 Å². The van der Waals surface area contributed by atoms with E-state index in [2.05, 4.69) is 40.3 Å². The number of aryl methyl sites for hydroxylation is 1. The Hall–Kier alpha value is -2.56. The average Bonchev–Trinajstić information content (AvgIpc) is 2.46. The van der Waals surface area contributed by atoms with Crippen molar-refractivity contribution < 1.29 is 9.53 Å². The lowest BCUT2D eigenvalue weighted by molar-refractivity contribution is 0.187. The number of rotatable bonds is 3.